The minimum absolute atomic E-state index is 0.117. The Morgan fingerprint density at radius 3 is 0.815 bits per heavy atom. The van der Waals surface area contributed by atoms with Crippen molar-refractivity contribution in [1.82, 2.24) is 13.7 Å². The molecule has 0 atom stereocenters. The van der Waals surface area contributed by atoms with E-state index in [1.807, 2.05) is 101 Å². The van der Waals surface area contributed by atoms with Crippen LogP contribution in [-0.2, 0) is 55.1 Å². The maximum atomic E-state index is 14.6. The molecule has 294 valence electrons. The number of rotatable bonds is 9. The summed E-state index contributed by atoms with van der Waals surface area (Å²) in [6, 6.07) is 5.85. The van der Waals surface area contributed by atoms with Gasteiger partial charge in [-0.15, -0.1) is 0 Å². The molecule has 0 saturated carbocycles. The number of hydrogen-bond acceptors (Lipinski definition) is 6. The fourth-order valence-corrected chi connectivity index (χ4v) is 7.63. The van der Waals surface area contributed by atoms with Crippen LogP contribution in [0, 0.1) is 20.8 Å². The van der Waals surface area contributed by atoms with Crippen LogP contribution in [0.25, 0.3) is 0 Å². The molecule has 0 saturated heterocycles. The number of aromatic nitrogens is 3. The van der Waals surface area contributed by atoms with Crippen LogP contribution in [0.2, 0.25) is 0 Å². The van der Waals surface area contributed by atoms with Crippen LogP contribution >= 0.6 is 0 Å². The largest absolute Gasteiger partial charge is 0.507 e. The second-order valence-corrected chi connectivity index (χ2v) is 18.0. The number of phenols is 3. The highest BCUT2D eigenvalue weighted by atomic mass is 16.3. The van der Waals surface area contributed by atoms with Gasteiger partial charge in [0.05, 0.1) is 19.6 Å². The Hall–Kier alpha value is -4.53. The average molecular weight is 742 g/mol. The maximum absolute atomic E-state index is 14.6. The van der Waals surface area contributed by atoms with E-state index < -0.39 is 17.1 Å². The molecule has 0 bridgehead atoms. The van der Waals surface area contributed by atoms with E-state index in [0.717, 1.165) is 47.1 Å². The molecule has 4 rings (SSSR count). The lowest BCUT2D eigenvalue weighted by atomic mass is 9.82. The molecule has 0 aliphatic carbocycles. The fourth-order valence-electron chi connectivity index (χ4n) is 7.63. The fraction of sp³-hybridized carbons (Fsp3) is 0.533. The predicted octanol–water partition coefficient (Wildman–Crippen LogP) is 7.94. The quantitative estimate of drug-likeness (QED) is 0.160. The number of aromatic hydroxyl groups is 3. The molecule has 0 aliphatic heterocycles. The van der Waals surface area contributed by atoms with Gasteiger partial charge in [-0.2, -0.15) is 0 Å². The van der Waals surface area contributed by atoms with Crippen molar-refractivity contribution >= 4 is 0 Å². The van der Waals surface area contributed by atoms with E-state index in [9.17, 15) is 29.7 Å². The minimum atomic E-state index is -0.777. The second kappa shape index (κ2) is 15.0. The number of phenolic OH excluding ortho intramolecular Hbond substituents is 3. The highest BCUT2D eigenvalue weighted by molar-refractivity contribution is 5.54. The lowest BCUT2D eigenvalue weighted by molar-refractivity contribution is 0.437. The zero-order chi connectivity index (χ0) is 41.0. The first-order valence-corrected chi connectivity index (χ1v) is 19.3. The Kier molecular flexibility index (Phi) is 11.7. The third-order valence-electron chi connectivity index (χ3n) is 11.2. The summed E-state index contributed by atoms with van der Waals surface area (Å²) in [7, 11) is 0. The summed E-state index contributed by atoms with van der Waals surface area (Å²) in [5, 5.41) is 34.2. The smallest absolute Gasteiger partial charge is 0.336 e. The van der Waals surface area contributed by atoms with Crippen LogP contribution < -0.4 is 17.1 Å². The van der Waals surface area contributed by atoms with Crippen molar-refractivity contribution in [3.05, 3.63) is 116 Å². The number of hydrogen-bond donors (Lipinski definition) is 3. The van der Waals surface area contributed by atoms with Crippen molar-refractivity contribution in [1.29, 1.82) is 0 Å². The van der Waals surface area contributed by atoms with E-state index in [1.54, 1.807) is 20.8 Å². The van der Waals surface area contributed by atoms with Crippen LogP contribution in [-0.4, -0.2) is 29.0 Å². The number of aryl methyl sites for hydroxylation is 3. The molecule has 9 nitrogen and oxygen atoms in total. The first-order valence-electron chi connectivity index (χ1n) is 19.3. The van der Waals surface area contributed by atoms with E-state index in [2.05, 4.69) is 0 Å². The predicted molar refractivity (Wildman–Crippen MR) is 219 cm³/mol. The molecule has 4 aromatic rings. The lowest BCUT2D eigenvalue weighted by Crippen LogP contribution is -2.55. The van der Waals surface area contributed by atoms with Gasteiger partial charge < -0.3 is 15.3 Å². The Balaban J connectivity index is 2.10. The van der Waals surface area contributed by atoms with Crippen LogP contribution in [0.5, 0.6) is 17.2 Å². The summed E-state index contributed by atoms with van der Waals surface area (Å²) < 4.78 is 3.27. The van der Waals surface area contributed by atoms with E-state index in [1.165, 1.54) is 0 Å². The molecule has 3 N–H and O–H groups in total. The molecule has 9 heteroatoms. The van der Waals surface area contributed by atoms with E-state index in [0.29, 0.717) is 52.6 Å². The van der Waals surface area contributed by atoms with E-state index >= 15 is 0 Å². The van der Waals surface area contributed by atoms with E-state index in [-0.39, 0.29) is 53.1 Å². The molecular weight excluding hydrogens is 679 g/mol. The molecule has 0 fully saturated rings. The van der Waals surface area contributed by atoms with Gasteiger partial charge in [-0.3, -0.25) is 0 Å². The summed E-state index contributed by atoms with van der Waals surface area (Å²) in [6.07, 6.45) is 1.79. The van der Waals surface area contributed by atoms with Gasteiger partial charge in [0.1, 0.15) is 17.2 Å². The number of nitrogens with zero attached hydrogens (tertiary/aromatic N) is 3. The molecule has 0 amide bonds. The normalized spacial score (nSPS) is 12.5. The van der Waals surface area contributed by atoms with Gasteiger partial charge >= 0.3 is 17.1 Å². The Labute approximate surface area is 321 Å². The van der Waals surface area contributed by atoms with Crippen molar-refractivity contribution in [3.63, 3.8) is 0 Å². The van der Waals surface area contributed by atoms with Gasteiger partial charge in [-0.25, -0.2) is 28.1 Å². The summed E-state index contributed by atoms with van der Waals surface area (Å²) in [4.78, 5) is 43.8. The zero-order valence-corrected chi connectivity index (χ0v) is 35.4. The first kappa shape index (κ1) is 42.2. The van der Waals surface area contributed by atoms with Crippen molar-refractivity contribution in [3.8, 4) is 17.2 Å². The average Bonchev–Trinajstić information content (AvgIpc) is 3.07. The summed E-state index contributed by atoms with van der Waals surface area (Å²) >= 11 is 0. The monoisotopic (exact) mass is 741 g/mol. The molecule has 54 heavy (non-hydrogen) atoms. The van der Waals surface area contributed by atoms with Gasteiger partial charge in [-0.05, 0) is 123 Å². The van der Waals surface area contributed by atoms with Crippen molar-refractivity contribution in [2.45, 2.75) is 159 Å². The highest BCUT2D eigenvalue weighted by Crippen LogP contribution is 2.39. The zero-order valence-electron chi connectivity index (χ0n) is 35.4. The second-order valence-electron chi connectivity index (χ2n) is 18.0. The topological polar surface area (TPSA) is 127 Å². The summed E-state index contributed by atoms with van der Waals surface area (Å²) in [6.45, 7) is 29.1. The molecule has 0 radical (unpaired) electrons. The maximum Gasteiger partial charge on any atom is 0.336 e. The Bertz CT molecular complexity index is 2000. The summed E-state index contributed by atoms with van der Waals surface area (Å²) in [5.41, 5.74) is 5.31. The molecule has 0 aliphatic rings. The highest BCUT2D eigenvalue weighted by Gasteiger charge is 2.28. The van der Waals surface area contributed by atoms with Gasteiger partial charge in [0.2, 0.25) is 0 Å². The van der Waals surface area contributed by atoms with Gasteiger partial charge in [0.15, 0.2) is 0 Å². The van der Waals surface area contributed by atoms with Gasteiger partial charge in [0.25, 0.3) is 0 Å². The van der Waals surface area contributed by atoms with Crippen molar-refractivity contribution in [2.75, 3.05) is 0 Å². The van der Waals surface area contributed by atoms with Crippen LogP contribution in [0.15, 0.2) is 32.6 Å². The molecule has 0 unspecified atom stereocenters. The van der Waals surface area contributed by atoms with E-state index in [4.69, 9.17) is 0 Å². The van der Waals surface area contributed by atoms with Crippen molar-refractivity contribution < 1.29 is 15.3 Å². The number of benzene rings is 3. The summed E-state index contributed by atoms with van der Waals surface area (Å²) in [5.74, 6) is 0.352. The van der Waals surface area contributed by atoms with Crippen LogP contribution in [0.1, 0.15) is 150 Å². The molecule has 1 aromatic heterocycles. The molecular formula is C45H63N3O6. The first-order chi connectivity index (χ1) is 24.8. The van der Waals surface area contributed by atoms with Crippen LogP contribution in [0.4, 0.5) is 0 Å². The molecule has 3 aromatic carbocycles. The third-order valence-corrected chi connectivity index (χ3v) is 11.2. The third kappa shape index (κ3) is 7.69. The lowest BCUT2D eigenvalue weighted by Gasteiger charge is -2.26. The standard InChI is InChI=1S/C45H63N3O6/c1-16-28-19-34(43(7,8)9)37(49)25(4)31(28)22-46-40(52)47(23-32-26(5)38(50)35(44(10,11)12)20-29(32)17-2)42(54)48(41(46)53)24-33-27(6)39(51)36(45(13,14)15)21-30(33)18-3/h19-21,49-51H,16-18,22-24H2,1-15H3. The van der Waals surface area contributed by atoms with Crippen LogP contribution in [0.3, 0.4) is 0 Å². The Morgan fingerprint density at radius 2 is 0.648 bits per heavy atom. The van der Waals surface area contributed by atoms with Gasteiger partial charge in [0, 0.05) is 0 Å². The molecule has 1 heterocycles. The van der Waals surface area contributed by atoms with Crippen molar-refractivity contribution in [2.24, 2.45) is 0 Å². The Morgan fingerprint density at radius 1 is 0.444 bits per heavy atom. The van der Waals surface area contributed by atoms with Gasteiger partial charge in [-0.1, -0.05) is 101 Å². The SMILES string of the molecule is CCc1cc(C(C)(C)C)c(O)c(C)c1Cn1c(=O)n(Cc2c(CC)cc(C(C)(C)C)c(O)c2C)c(=O)n(Cc2c(CC)cc(C(C)(C)C)c(O)c2C)c1=O. The molecule has 0 spiro atoms. The minimum Gasteiger partial charge on any atom is -0.507 e.